The van der Waals surface area contributed by atoms with Crippen LogP contribution in [-0.4, -0.2) is 53.6 Å². The minimum Gasteiger partial charge on any atom is -0.447 e. The van der Waals surface area contributed by atoms with Gasteiger partial charge in [0, 0.05) is 37.2 Å². The number of carbonyl (C=O) groups excluding carboxylic acids is 3. The van der Waals surface area contributed by atoms with E-state index < -0.39 is 35.6 Å². The summed E-state index contributed by atoms with van der Waals surface area (Å²) in [5.74, 6) is -2.84. The number of rotatable bonds is 10. The molecule has 0 spiro atoms. The fourth-order valence-electron chi connectivity index (χ4n) is 3.35. The highest BCUT2D eigenvalue weighted by Gasteiger charge is 2.24. The van der Waals surface area contributed by atoms with Gasteiger partial charge in [-0.05, 0) is 17.5 Å². The van der Waals surface area contributed by atoms with E-state index in [1.54, 1.807) is 12.3 Å². The van der Waals surface area contributed by atoms with E-state index in [4.69, 9.17) is 10.5 Å². The molecule has 36 heavy (non-hydrogen) atoms. The second kappa shape index (κ2) is 12.5. The highest BCUT2D eigenvalue weighted by Crippen LogP contribution is 2.16. The third-order valence-electron chi connectivity index (χ3n) is 5.16. The average molecular weight is 501 g/mol. The maximum absolute atomic E-state index is 14.0. The van der Waals surface area contributed by atoms with Crippen LogP contribution in [0.2, 0.25) is 0 Å². The minimum absolute atomic E-state index is 0.0213. The lowest BCUT2D eigenvalue weighted by atomic mass is 10.2. The summed E-state index contributed by atoms with van der Waals surface area (Å²) in [6.45, 7) is 0.228. The number of aromatic nitrogens is 1. The highest BCUT2D eigenvalue weighted by atomic mass is 19.2. The zero-order valence-corrected chi connectivity index (χ0v) is 19.5. The first-order valence-corrected chi connectivity index (χ1v) is 11.0. The summed E-state index contributed by atoms with van der Waals surface area (Å²) >= 11 is 0. The van der Waals surface area contributed by atoms with Crippen LogP contribution < -0.4 is 21.8 Å². The summed E-state index contributed by atoms with van der Waals surface area (Å²) in [6, 6.07) is 11.9. The Morgan fingerprint density at radius 3 is 2.58 bits per heavy atom. The van der Waals surface area contributed by atoms with Crippen molar-refractivity contribution >= 4 is 34.5 Å². The second-order valence-electron chi connectivity index (χ2n) is 7.74. The number of hydrogen-bond acceptors (Lipinski definition) is 7. The number of nitrogens with zero attached hydrogens (tertiary/aromatic N) is 2. The molecule has 0 saturated carbocycles. The van der Waals surface area contributed by atoms with Crippen molar-refractivity contribution in [1.29, 1.82) is 0 Å². The number of ether oxygens (including phenoxy) is 1. The molecule has 0 aliphatic carbocycles. The predicted molar refractivity (Wildman–Crippen MR) is 128 cm³/mol. The molecule has 0 unspecified atom stereocenters. The lowest BCUT2D eigenvalue weighted by molar-refractivity contribution is -0.137. The van der Waals surface area contributed by atoms with Crippen LogP contribution in [0, 0.1) is 11.6 Å². The van der Waals surface area contributed by atoms with Crippen molar-refractivity contribution in [1.82, 2.24) is 20.7 Å². The number of hydrazine groups is 1. The molecule has 5 N–H and O–H groups in total. The normalized spacial score (nSPS) is 11.6. The molecule has 12 heteroatoms. The van der Waals surface area contributed by atoms with Gasteiger partial charge in [0.05, 0.1) is 12.6 Å². The van der Waals surface area contributed by atoms with Gasteiger partial charge in [0.15, 0.2) is 11.6 Å². The van der Waals surface area contributed by atoms with Crippen LogP contribution >= 0.6 is 0 Å². The quantitative estimate of drug-likeness (QED) is 0.313. The molecule has 0 fully saturated rings. The molecule has 0 bridgehead atoms. The molecular formula is C24H26F2N6O4. The van der Waals surface area contributed by atoms with Crippen LogP contribution in [0.1, 0.15) is 12.5 Å². The molecule has 190 valence electrons. The average Bonchev–Trinajstić information content (AvgIpc) is 2.87. The van der Waals surface area contributed by atoms with Gasteiger partial charge in [-0.25, -0.2) is 24.0 Å². The Balaban J connectivity index is 1.68. The van der Waals surface area contributed by atoms with Crippen molar-refractivity contribution < 1.29 is 27.9 Å². The number of nitrogens with one attached hydrogen (secondary N) is 3. The van der Waals surface area contributed by atoms with E-state index in [1.165, 1.54) is 19.1 Å². The second-order valence-corrected chi connectivity index (χ2v) is 7.74. The summed E-state index contributed by atoms with van der Waals surface area (Å²) < 4.78 is 32.8. The third-order valence-corrected chi connectivity index (χ3v) is 5.16. The van der Waals surface area contributed by atoms with Crippen molar-refractivity contribution in [2.75, 3.05) is 25.0 Å². The largest absolute Gasteiger partial charge is 0.447 e. The number of amides is 3. The van der Waals surface area contributed by atoms with E-state index in [1.807, 2.05) is 24.3 Å². The lowest BCUT2D eigenvalue weighted by Crippen LogP contribution is -2.55. The van der Waals surface area contributed by atoms with Gasteiger partial charge < -0.3 is 15.8 Å². The first-order chi connectivity index (χ1) is 17.3. The van der Waals surface area contributed by atoms with E-state index in [0.717, 1.165) is 21.8 Å². The van der Waals surface area contributed by atoms with Gasteiger partial charge in [-0.1, -0.05) is 36.4 Å². The Kier molecular flexibility index (Phi) is 9.19. The van der Waals surface area contributed by atoms with Gasteiger partial charge in [0.25, 0.3) is 0 Å². The molecule has 0 radical (unpaired) electrons. The fourth-order valence-corrected chi connectivity index (χ4v) is 3.35. The number of halogens is 2. The van der Waals surface area contributed by atoms with Gasteiger partial charge in [-0.2, -0.15) is 0 Å². The van der Waals surface area contributed by atoms with Gasteiger partial charge in [-0.15, -0.1) is 0 Å². The maximum atomic E-state index is 14.0. The van der Waals surface area contributed by atoms with E-state index in [0.29, 0.717) is 0 Å². The van der Waals surface area contributed by atoms with E-state index >= 15 is 0 Å². The van der Waals surface area contributed by atoms with E-state index in [-0.39, 0.29) is 37.6 Å². The van der Waals surface area contributed by atoms with Crippen molar-refractivity contribution in [2.24, 2.45) is 5.73 Å². The Morgan fingerprint density at radius 1 is 1.11 bits per heavy atom. The molecule has 1 aromatic heterocycles. The fraction of sp³-hybridized carbons (Fsp3) is 0.250. The van der Waals surface area contributed by atoms with Crippen molar-refractivity contribution in [3.05, 3.63) is 71.9 Å². The zero-order valence-electron chi connectivity index (χ0n) is 19.5. The van der Waals surface area contributed by atoms with Crippen LogP contribution in [0.4, 0.5) is 19.4 Å². The highest BCUT2D eigenvalue weighted by molar-refractivity contribution is 5.89. The van der Waals surface area contributed by atoms with Crippen LogP contribution in [0.5, 0.6) is 0 Å². The Bertz CT molecular complexity index is 1240. The number of carbonyl (C=O) groups is 3. The number of benzene rings is 2. The van der Waals surface area contributed by atoms with Crippen LogP contribution in [0.15, 0.2) is 54.7 Å². The van der Waals surface area contributed by atoms with Gasteiger partial charge >= 0.3 is 6.09 Å². The molecule has 0 aliphatic heterocycles. The Hall–Kier alpha value is -4.16. The molecule has 10 nitrogen and oxygen atoms in total. The SMILES string of the molecule is CC(=O)N(NCc1cccc(F)c1F)[C@@H](CNC(=O)CN)COC(=O)Nc1cc2ccccc2cn1. The molecule has 1 heterocycles. The predicted octanol–water partition coefficient (Wildman–Crippen LogP) is 2.06. The topological polar surface area (TPSA) is 139 Å². The summed E-state index contributed by atoms with van der Waals surface area (Å²) in [5, 5.41) is 7.86. The lowest BCUT2D eigenvalue weighted by Gasteiger charge is -2.31. The molecule has 0 saturated heterocycles. The zero-order chi connectivity index (χ0) is 26.1. The molecule has 2 aromatic carbocycles. The molecule has 3 amide bonds. The van der Waals surface area contributed by atoms with E-state index in [9.17, 15) is 23.2 Å². The molecule has 0 aliphatic rings. The van der Waals surface area contributed by atoms with Crippen LogP contribution in [-0.2, 0) is 20.9 Å². The van der Waals surface area contributed by atoms with Crippen molar-refractivity contribution in [3.8, 4) is 0 Å². The van der Waals surface area contributed by atoms with Crippen molar-refractivity contribution in [3.63, 3.8) is 0 Å². The van der Waals surface area contributed by atoms with E-state index in [2.05, 4.69) is 21.0 Å². The Morgan fingerprint density at radius 2 is 1.86 bits per heavy atom. The standard InChI is InChI=1S/C24H26F2N6O4/c1-15(33)32(30-12-18-7-4-8-20(25)23(18)26)19(13-29-22(34)10-27)14-36-24(35)31-21-9-16-5-2-3-6-17(16)11-28-21/h2-9,11,19,30H,10,12-14,27H2,1H3,(H,29,34)(H,28,31,35)/t19-/m0/s1. The van der Waals surface area contributed by atoms with Gasteiger partial charge in [0.1, 0.15) is 12.4 Å². The number of nitrogens with two attached hydrogens (primary N) is 1. The molecule has 3 aromatic rings. The number of anilines is 1. The molecule has 1 atom stereocenters. The van der Waals surface area contributed by atoms with Gasteiger partial charge in [0.2, 0.25) is 11.8 Å². The summed E-state index contributed by atoms with van der Waals surface area (Å²) in [4.78, 5) is 40.6. The molecule has 3 rings (SSSR count). The van der Waals surface area contributed by atoms with Crippen LogP contribution in [0.25, 0.3) is 10.8 Å². The molecular weight excluding hydrogens is 474 g/mol. The first-order valence-electron chi connectivity index (χ1n) is 11.0. The smallest absolute Gasteiger partial charge is 0.412 e. The van der Waals surface area contributed by atoms with Crippen LogP contribution in [0.3, 0.4) is 0 Å². The number of hydrogen-bond donors (Lipinski definition) is 4. The number of pyridine rings is 1. The third kappa shape index (κ3) is 7.17. The summed E-state index contributed by atoms with van der Waals surface area (Å²) in [5.41, 5.74) is 8.01. The summed E-state index contributed by atoms with van der Waals surface area (Å²) in [7, 11) is 0. The van der Waals surface area contributed by atoms with Crippen molar-refractivity contribution in [2.45, 2.75) is 19.5 Å². The summed E-state index contributed by atoms with van der Waals surface area (Å²) in [6.07, 6.45) is 0.760. The maximum Gasteiger partial charge on any atom is 0.412 e. The first kappa shape index (κ1) is 26.4. The number of fused-ring (bicyclic) bond motifs is 1. The monoisotopic (exact) mass is 500 g/mol. The minimum atomic E-state index is -1.06. The Labute approximate surface area is 205 Å². The van der Waals surface area contributed by atoms with Gasteiger partial charge in [-0.3, -0.25) is 19.9 Å².